The number of β-amino-alcohol motifs (C(OH)–C–C–N with tert-alkyl or cyclic N) is 1. The van der Waals surface area contributed by atoms with E-state index in [1.54, 1.807) is 17.9 Å². The largest absolute Gasteiger partial charge is 0.466 e. The molecule has 1 spiro atoms. The predicted molar refractivity (Wildman–Crippen MR) is 131 cm³/mol. The number of carbonyl (C=O) groups excluding carboxylic acids is 3. The number of aliphatic hydroxyl groups is 1. The average Bonchev–Trinajstić information content (AvgIpc) is 3.28. The Morgan fingerprint density at radius 3 is 2.53 bits per heavy atom. The highest BCUT2D eigenvalue weighted by Gasteiger charge is 2.77. The van der Waals surface area contributed by atoms with Crippen LogP contribution < -0.4 is 0 Å². The Bertz CT molecular complexity index is 840. The Labute approximate surface area is 211 Å². The summed E-state index contributed by atoms with van der Waals surface area (Å²) in [4.78, 5) is 43.9. The van der Waals surface area contributed by atoms with Crippen molar-refractivity contribution in [2.75, 3.05) is 26.3 Å². The molecule has 3 heterocycles. The summed E-state index contributed by atoms with van der Waals surface area (Å²) >= 11 is 3.64. The maximum Gasteiger partial charge on any atom is 0.312 e. The number of likely N-dealkylation sites (tertiary alicyclic amines) is 1. The second-order valence-electron chi connectivity index (χ2n) is 11.5. The zero-order chi connectivity index (χ0) is 25.6. The van der Waals surface area contributed by atoms with E-state index < -0.39 is 41.1 Å². The van der Waals surface area contributed by atoms with Gasteiger partial charge in [0.2, 0.25) is 11.8 Å². The zero-order valence-corrected chi connectivity index (χ0v) is 22.8. The molecule has 1 N–H and O–H groups in total. The fraction of sp³-hybridized carbons (Fsp3) is 0.800. The van der Waals surface area contributed by atoms with Gasteiger partial charge in [-0.2, -0.15) is 0 Å². The van der Waals surface area contributed by atoms with Crippen LogP contribution in [-0.2, 0) is 23.9 Å². The topological polar surface area (TPSA) is 96.4 Å². The minimum absolute atomic E-state index is 0.00829. The van der Waals surface area contributed by atoms with Gasteiger partial charge in [0, 0.05) is 23.5 Å². The summed E-state index contributed by atoms with van der Waals surface area (Å²) in [5.41, 5.74) is -1.73. The van der Waals surface area contributed by atoms with Crippen LogP contribution in [0.4, 0.5) is 0 Å². The van der Waals surface area contributed by atoms with E-state index in [1.807, 2.05) is 13.8 Å². The van der Waals surface area contributed by atoms with Crippen molar-refractivity contribution in [3.63, 3.8) is 0 Å². The maximum atomic E-state index is 14.3. The van der Waals surface area contributed by atoms with Crippen LogP contribution in [0, 0.1) is 17.3 Å². The normalized spacial score (nSPS) is 32.6. The molecule has 2 bridgehead atoms. The van der Waals surface area contributed by atoms with Crippen molar-refractivity contribution in [3.05, 3.63) is 12.7 Å². The molecule has 0 saturated carbocycles. The van der Waals surface area contributed by atoms with E-state index in [9.17, 15) is 19.5 Å². The summed E-state index contributed by atoms with van der Waals surface area (Å²) in [6.07, 6.45) is 2.29. The van der Waals surface area contributed by atoms with Gasteiger partial charge in [0.25, 0.3) is 0 Å². The van der Waals surface area contributed by atoms with Crippen LogP contribution in [0.25, 0.3) is 0 Å². The molecule has 3 aliphatic rings. The van der Waals surface area contributed by atoms with Crippen LogP contribution in [0.1, 0.15) is 54.4 Å². The first kappa shape index (κ1) is 27.1. The summed E-state index contributed by atoms with van der Waals surface area (Å²) < 4.78 is 11.7. The molecule has 34 heavy (non-hydrogen) atoms. The molecular formula is C25H39BrN2O6. The van der Waals surface area contributed by atoms with Gasteiger partial charge in [0.05, 0.1) is 31.2 Å². The molecule has 3 aliphatic heterocycles. The Kier molecular flexibility index (Phi) is 7.62. The number of nitrogens with zero attached hydrogens (tertiary/aromatic N) is 2. The SMILES string of the molecule is C=CCN(C(=O)[C@H]1N(CCO)C(=O)[C@@H]2[C@@H](C(=O)OCC)[C@@H]3O[C@@]21CC3Br)C(C)(C)CC(C)(C)C. The van der Waals surface area contributed by atoms with E-state index in [0.717, 1.165) is 6.42 Å². The quantitative estimate of drug-likeness (QED) is 0.273. The van der Waals surface area contributed by atoms with E-state index >= 15 is 0 Å². The maximum absolute atomic E-state index is 14.3. The summed E-state index contributed by atoms with van der Waals surface area (Å²) in [5, 5.41) is 9.76. The summed E-state index contributed by atoms with van der Waals surface area (Å²) in [7, 11) is 0. The lowest BCUT2D eigenvalue weighted by Crippen LogP contribution is -2.61. The third-order valence-electron chi connectivity index (χ3n) is 7.19. The van der Waals surface area contributed by atoms with Gasteiger partial charge >= 0.3 is 5.97 Å². The lowest BCUT2D eigenvalue weighted by molar-refractivity contribution is -0.155. The number of esters is 1. The number of ether oxygens (including phenoxy) is 2. The van der Waals surface area contributed by atoms with E-state index in [0.29, 0.717) is 13.0 Å². The number of fused-ring (bicyclic) bond motifs is 1. The molecule has 3 rings (SSSR count). The van der Waals surface area contributed by atoms with Gasteiger partial charge in [-0.3, -0.25) is 14.4 Å². The second-order valence-corrected chi connectivity index (χ2v) is 12.6. The van der Waals surface area contributed by atoms with Gasteiger partial charge in [0.1, 0.15) is 11.6 Å². The molecule has 192 valence electrons. The first-order chi connectivity index (χ1) is 15.8. The molecule has 0 radical (unpaired) electrons. The molecule has 0 aliphatic carbocycles. The van der Waals surface area contributed by atoms with E-state index in [2.05, 4.69) is 43.3 Å². The van der Waals surface area contributed by atoms with Crippen LogP contribution in [0.3, 0.4) is 0 Å². The van der Waals surface area contributed by atoms with Crippen molar-refractivity contribution in [3.8, 4) is 0 Å². The van der Waals surface area contributed by atoms with Crippen molar-refractivity contribution in [1.82, 2.24) is 9.80 Å². The number of alkyl halides is 1. The minimum Gasteiger partial charge on any atom is -0.466 e. The fourth-order valence-corrected chi connectivity index (χ4v) is 7.51. The standard InChI is InChI=1S/C25H39BrN2O6/c1-8-10-28(24(6,7)14-23(3,4)5)21(31)19-25-13-15(26)18(34-25)16(22(32)33-9-2)17(25)20(30)27(19)11-12-29/h8,15-19,29H,1,9-14H2,2-7H3/t15?,16-,17+,18-,19-,25+/m1/s1. The Morgan fingerprint density at radius 2 is 2.00 bits per heavy atom. The molecule has 3 saturated heterocycles. The Balaban J connectivity index is 2.08. The molecule has 9 heteroatoms. The third kappa shape index (κ3) is 4.44. The number of rotatable bonds is 9. The van der Waals surface area contributed by atoms with Crippen molar-refractivity contribution in [2.24, 2.45) is 17.3 Å². The molecule has 8 nitrogen and oxygen atoms in total. The molecule has 2 amide bonds. The highest BCUT2D eigenvalue weighted by molar-refractivity contribution is 9.09. The van der Waals surface area contributed by atoms with Crippen LogP contribution >= 0.6 is 15.9 Å². The number of aliphatic hydroxyl groups excluding tert-OH is 1. The van der Waals surface area contributed by atoms with Crippen LogP contribution in [0.15, 0.2) is 12.7 Å². The smallest absolute Gasteiger partial charge is 0.312 e. The van der Waals surface area contributed by atoms with Gasteiger partial charge in [-0.1, -0.05) is 42.8 Å². The zero-order valence-electron chi connectivity index (χ0n) is 21.2. The molecule has 1 unspecified atom stereocenters. The highest BCUT2D eigenvalue weighted by Crippen LogP contribution is 2.60. The molecular weight excluding hydrogens is 504 g/mol. The van der Waals surface area contributed by atoms with E-state index in [-0.39, 0.29) is 41.8 Å². The predicted octanol–water partition coefficient (Wildman–Crippen LogP) is 2.52. The summed E-state index contributed by atoms with van der Waals surface area (Å²) in [5.74, 6) is -2.67. The van der Waals surface area contributed by atoms with Crippen molar-refractivity contribution >= 4 is 33.7 Å². The van der Waals surface area contributed by atoms with Crippen LogP contribution in [-0.4, -0.2) is 87.1 Å². The highest BCUT2D eigenvalue weighted by atomic mass is 79.9. The number of hydrogen-bond acceptors (Lipinski definition) is 6. The van der Waals surface area contributed by atoms with Gasteiger partial charge < -0.3 is 24.4 Å². The number of carbonyl (C=O) groups is 3. The van der Waals surface area contributed by atoms with Gasteiger partial charge in [-0.15, -0.1) is 6.58 Å². The average molecular weight is 543 g/mol. The molecule has 0 aromatic heterocycles. The number of amides is 2. The number of hydrogen-bond donors (Lipinski definition) is 1. The van der Waals surface area contributed by atoms with E-state index in [1.165, 1.54) is 4.90 Å². The minimum atomic E-state index is -1.16. The van der Waals surface area contributed by atoms with Gasteiger partial charge in [-0.25, -0.2) is 0 Å². The Hall–Kier alpha value is -1.45. The monoisotopic (exact) mass is 542 g/mol. The summed E-state index contributed by atoms with van der Waals surface area (Å²) in [6, 6.07) is -0.944. The molecule has 6 atom stereocenters. The number of halogens is 1. The fourth-order valence-electron chi connectivity index (χ4n) is 6.57. The molecule has 0 aromatic carbocycles. The van der Waals surface area contributed by atoms with Crippen LogP contribution in [0.5, 0.6) is 0 Å². The molecule has 3 fully saturated rings. The van der Waals surface area contributed by atoms with Crippen molar-refractivity contribution in [1.29, 1.82) is 0 Å². The first-order valence-corrected chi connectivity index (χ1v) is 13.0. The van der Waals surface area contributed by atoms with Crippen molar-refractivity contribution in [2.45, 2.75) is 82.5 Å². The van der Waals surface area contributed by atoms with Crippen LogP contribution in [0.2, 0.25) is 0 Å². The lowest BCUT2D eigenvalue weighted by atomic mass is 9.70. The first-order valence-electron chi connectivity index (χ1n) is 12.1. The van der Waals surface area contributed by atoms with Crippen molar-refractivity contribution < 1.29 is 29.0 Å². The van der Waals surface area contributed by atoms with Gasteiger partial charge in [-0.05, 0) is 39.0 Å². The molecule has 0 aromatic rings. The Morgan fingerprint density at radius 1 is 1.35 bits per heavy atom. The summed E-state index contributed by atoms with van der Waals surface area (Å²) in [6.45, 7) is 16.2. The lowest BCUT2D eigenvalue weighted by Gasteiger charge is -2.45. The van der Waals surface area contributed by atoms with Gasteiger partial charge in [0.15, 0.2) is 0 Å². The second kappa shape index (κ2) is 9.54. The third-order valence-corrected chi connectivity index (χ3v) is 8.04. The van der Waals surface area contributed by atoms with E-state index in [4.69, 9.17) is 9.47 Å².